The number of nitro groups is 1. The summed E-state index contributed by atoms with van der Waals surface area (Å²) in [6.07, 6.45) is 0. The molecule has 0 radical (unpaired) electrons. The van der Waals surface area contributed by atoms with E-state index in [1.165, 1.54) is 11.0 Å². The van der Waals surface area contributed by atoms with Gasteiger partial charge in [0.15, 0.2) is 0 Å². The van der Waals surface area contributed by atoms with E-state index in [-0.39, 0.29) is 18.3 Å². The van der Waals surface area contributed by atoms with Crippen LogP contribution < -0.4 is 5.32 Å². The van der Waals surface area contributed by atoms with Gasteiger partial charge in [0.25, 0.3) is 5.69 Å². The predicted molar refractivity (Wildman–Crippen MR) is 89.7 cm³/mol. The van der Waals surface area contributed by atoms with Crippen molar-refractivity contribution >= 4 is 29.0 Å². The molecule has 2 amide bonds. The van der Waals surface area contributed by atoms with Crippen molar-refractivity contribution in [1.82, 2.24) is 4.90 Å². The molecule has 120 valence electrons. The molecule has 1 N–H and O–H groups in total. The molecule has 2 aromatic carbocycles. The van der Waals surface area contributed by atoms with Gasteiger partial charge in [0.1, 0.15) is 0 Å². The van der Waals surface area contributed by atoms with Crippen molar-refractivity contribution in [2.24, 2.45) is 0 Å². The first-order chi connectivity index (χ1) is 11.0. The number of anilines is 1. The number of carbonyl (C=O) groups excluding carboxylic acids is 1. The highest BCUT2D eigenvalue weighted by Crippen LogP contribution is 2.20. The number of hydrogen-bond acceptors (Lipinski definition) is 3. The van der Waals surface area contributed by atoms with E-state index in [0.717, 1.165) is 0 Å². The lowest BCUT2D eigenvalue weighted by molar-refractivity contribution is -0.385. The summed E-state index contributed by atoms with van der Waals surface area (Å²) in [4.78, 5) is 24.4. The van der Waals surface area contributed by atoms with Gasteiger partial charge in [-0.3, -0.25) is 10.1 Å². The number of hydrogen-bond donors (Lipinski definition) is 1. The normalized spacial score (nSPS) is 10.2. The van der Waals surface area contributed by atoms with Crippen LogP contribution in [0, 0.1) is 10.1 Å². The van der Waals surface area contributed by atoms with Gasteiger partial charge in [0, 0.05) is 28.9 Å². The van der Waals surface area contributed by atoms with E-state index in [1.54, 1.807) is 42.5 Å². The zero-order chi connectivity index (χ0) is 16.8. The third-order valence-corrected chi connectivity index (χ3v) is 3.57. The molecule has 0 aliphatic rings. The van der Waals surface area contributed by atoms with Crippen LogP contribution in [0.25, 0.3) is 0 Å². The highest BCUT2D eigenvalue weighted by molar-refractivity contribution is 6.30. The molecular formula is C16H16ClN3O3. The molecule has 23 heavy (non-hydrogen) atoms. The molecule has 2 rings (SSSR count). The molecule has 0 unspecified atom stereocenters. The number of nitrogens with one attached hydrogen (secondary N) is 1. The molecule has 7 heteroatoms. The first-order valence-electron chi connectivity index (χ1n) is 7.05. The van der Waals surface area contributed by atoms with Crippen LogP contribution in [0.15, 0.2) is 48.5 Å². The standard InChI is InChI=1S/C16H16ClN3O3/c1-2-19(11-12-5-3-4-6-15(12)20(22)23)16(21)18-14-9-7-13(17)8-10-14/h3-10H,2,11H2,1H3,(H,18,21). The molecule has 2 aromatic rings. The van der Waals surface area contributed by atoms with Gasteiger partial charge in [-0.15, -0.1) is 0 Å². The van der Waals surface area contributed by atoms with E-state index in [2.05, 4.69) is 5.32 Å². The maximum absolute atomic E-state index is 12.3. The minimum Gasteiger partial charge on any atom is -0.320 e. The van der Waals surface area contributed by atoms with Gasteiger partial charge in [0.2, 0.25) is 0 Å². The van der Waals surface area contributed by atoms with E-state index < -0.39 is 4.92 Å². The predicted octanol–water partition coefficient (Wildman–Crippen LogP) is 4.30. The lowest BCUT2D eigenvalue weighted by atomic mass is 10.1. The first-order valence-corrected chi connectivity index (χ1v) is 7.43. The first kappa shape index (κ1) is 16.8. The molecule has 0 aliphatic heterocycles. The number of para-hydroxylation sites is 1. The summed E-state index contributed by atoms with van der Waals surface area (Å²) in [5.74, 6) is 0. The van der Waals surface area contributed by atoms with Crippen molar-refractivity contribution in [2.75, 3.05) is 11.9 Å². The highest BCUT2D eigenvalue weighted by Gasteiger charge is 2.18. The second-order valence-corrected chi connectivity index (χ2v) is 5.27. The maximum atomic E-state index is 12.3. The number of halogens is 1. The fourth-order valence-corrected chi connectivity index (χ4v) is 2.22. The van der Waals surface area contributed by atoms with Crippen molar-refractivity contribution < 1.29 is 9.72 Å². The van der Waals surface area contributed by atoms with Crippen LogP contribution in [0.5, 0.6) is 0 Å². The van der Waals surface area contributed by atoms with Crippen LogP contribution in [0.1, 0.15) is 12.5 Å². The smallest absolute Gasteiger partial charge is 0.320 e. The van der Waals surface area contributed by atoms with Crippen molar-refractivity contribution in [1.29, 1.82) is 0 Å². The molecule has 0 saturated heterocycles. The Bertz CT molecular complexity index is 704. The third-order valence-electron chi connectivity index (χ3n) is 3.31. The maximum Gasteiger partial charge on any atom is 0.322 e. The Labute approximate surface area is 138 Å². The van der Waals surface area contributed by atoms with Gasteiger partial charge in [-0.05, 0) is 31.2 Å². The van der Waals surface area contributed by atoms with E-state index in [4.69, 9.17) is 11.6 Å². The fourth-order valence-electron chi connectivity index (χ4n) is 2.09. The highest BCUT2D eigenvalue weighted by atomic mass is 35.5. The second kappa shape index (κ2) is 7.60. The summed E-state index contributed by atoms with van der Waals surface area (Å²) in [5, 5.41) is 14.4. The Balaban J connectivity index is 2.12. The number of nitrogens with zero attached hydrogens (tertiary/aromatic N) is 2. The monoisotopic (exact) mass is 333 g/mol. The SMILES string of the molecule is CCN(Cc1ccccc1[N+](=O)[O-])C(=O)Nc1ccc(Cl)cc1. The third kappa shape index (κ3) is 4.43. The second-order valence-electron chi connectivity index (χ2n) is 4.84. The van der Waals surface area contributed by atoms with Gasteiger partial charge in [-0.1, -0.05) is 29.8 Å². The van der Waals surface area contributed by atoms with Crippen LogP contribution in [0.4, 0.5) is 16.2 Å². The molecule has 0 atom stereocenters. The molecule has 0 heterocycles. The number of urea groups is 1. The summed E-state index contributed by atoms with van der Waals surface area (Å²) in [7, 11) is 0. The van der Waals surface area contributed by atoms with Crippen molar-refractivity contribution in [3.8, 4) is 0 Å². The van der Waals surface area contributed by atoms with E-state index >= 15 is 0 Å². The van der Waals surface area contributed by atoms with Crippen molar-refractivity contribution in [2.45, 2.75) is 13.5 Å². The van der Waals surface area contributed by atoms with E-state index in [0.29, 0.717) is 22.8 Å². The summed E-state index contributed by atoms with van der Waals surface area (Å²) in [5.41, 5.74) is 1.11. The molecule has 0 fully saturated rings. The molecule has 6 nitrogen and oxygen atoms in total. The Morgan fingerprint density at radius 1 is 1.22 bits per heavy atom. The molecule has 0 bridgehead atoms. The van der Waals surface area contributed by atoms with Gasteiger partial charge in [-0.2, -0.15) is 0 Å². The zero-order valence-corrected chi connectivity index (χ0v) is 13.3. The average molecular weight is 334 g/mol. The zero-order valence-electron chi connectivity index (χ0n) is 12.5. The van der Waals surface area contributed by atoms with E-state index in [1.807, 2.05) is 6.92 Å². The summed E-state index contributed by atoms with van der Waals surface area (Å²) in [6, 6.07) is 12.8. The summed E-state index contributed by atoms with van der Waals surface area (Å²) < 4.78 is 0. The van der Waals surface area contributed by atoms with Crippen LogP contribution in [0.2, 0.25) is 5.02 Å². The number of benzene rings is 2. The van der Waals surface area contributed by atoms with E-state index in [9.17, 15) is 14.9 Å². The average Bonchev–Trinajstić information content (AvgIpc) is 2.54. The quantitative estimate of drug-likeness (QED) is 0.654. The van der Waals surface area contributed by atoms with Gasteiger partial charge >= 0.3 is 6.03 Å². The fraction of sp³-hybridized carbons (Fsp3) is 0.188. The Hall–Kier alpha value is -2.60. The van der Waals surface area contributed by atoms with Crippen LogP contribution >= 0.6 is 11.6 Å². The van der Waals surface area contributed by atoms with Gasteiger partial charge in [0.05, 0.1) is 11.5 Å². The summed E-state index contributed by atoms with van der Waals surface area (Å²) in [6.45, 7) is 2.40. The minimum atomic E-state index is -0.444. The van der Waals surface area contributed by atoms with Gasteiger partial charge < -0.3 is 10.2 Å². The van der Waals surface area contributed by atoms with Crippen LogP contribution in [0.3, 0.4) is 0 Å². The Morgan fingerprint density at radius 2 is 1.87 bits per heavy atom. The molecular weight excluding hydrogens is 318 g/mol. The van der Waals surface area contributed by atoms with Gasteiger partial charge in [-0.25, -0.2) is 4.79 Å². The number of carbonyl (C=O) groups is 1. The number of nitro benzene ring substituents is 1. The Morgan fingerprint density at radius 3 is 2.48 bits per heavy atom. The topological polar surface area (TPSA) is 75.5 Å². The lowest BCUT2D eigenvalue weighted by Crippen LogP contribution is -2.34. The number of amides is 2. The Kier molecular flexibility index (Phi) is 5.54. The lowest BCUT2D eigenvalue weighted by Gasteiger charge is -2.21. The van der Waals surface area contributed by atoms with Crippen LogP contribution in [-0.4, -0.2) is 22.4 Å². The molecule has 0 aromatic heterocycles. The minimum absolute atomic E-state index is 0.00485. The van der Waals surface area contributed by atoms with Crippen LogP contribution in [-0.2, 0) is 6.54 Å². The number of rotatable bonds is 5. The van der Waals surface area contributed by atoms with Crippen molar-refractivity contribution in [3.63, 3.8) is 0 Å². The molecule has 0 aliphatic carbocycles. The largest absolute Gasteiger partial charge is 0.322 e. The van der Waals surface area contributed by atoms with Crippen molar-refractivity contribution in [3.05, 3.63) is 69.2 Å². The molecule has 0 saturated carbocycles. The molecule has 0 spiro atoms. The summed E-state index contributed by atoms with van der Waals surface area (Å²) >= 11 is 5.81.